The third-order valence-corrected chi connectivity index (χ3v) is 3.56. The first-order valence-corrected chi connectivity index (χ1v) is 6.44. The van der Waals surface area contributed by atoms with Gasteiger partial charge in [-0.15, -0.1) is 0 Å². The first kappa shape index (κ1) is 12.9. The van der Waals surface area contributed by atoms with Crippen molar-refractivity contribution in [3.63, 3.8) is 0 Å². The Labute approximate surface area is 115 Å². The van der Waals surface area contributed by atoms with E-state index in [2.05, 4.69) is 5.32 Å². The molecule has 0 saturated carbocycles. The predicted molar refractivity (Wildman–Crippen MR) is 71.4 cm³/mol. The summed E-state index contributed by atoms with van der Waals surface area (Å²) in [5, 5.41) is 3.19. The molecule has 0 amide bonds. The lowest BCUT2D eigenvalue weighted by Crippen LogP contribution is -2.08. The quantitative estimate of drug-likeness (QED) is 0.871. The summed E-state index contributed by atoms with van der Waals surface area (Å²) in [7, 11) is 0. The number of benzene rings is 2. The van der Waals surface area contributed by atoms with Crippen LogP contribution in [0.5, 0.6) is 0 Å². The van der Waals surface area contributed by atoms with Crippen molar-refractivity contribution < 1.29 is 13.6 Å². The maximum Gasteiger partial charge on any atom is 0.167 e. The molecule has 102 valence electrons. The molecule has 2 nitrogen and oxygen atoms in total. The minimum absolute atomic E-state index is 0.170. The van der Waals surface area contributed by atoms with E-state index >= 15 is 0 Å². The number of Topliss-reactive ketones (excluding diaryl/α,β-unsaturated/α-hetero) is 1. The monoisotopic (exact) mass is 273 g/mol. The first-order chi connectivity index (χ1) is 9.65. The van der Waals surface area contributed by atoms with Crippen molar-refractivity contribution in [1.82, 2.24) is 5.32 Å². The van der Waals surface area contributed by atoms with Crippen LogP contribution < -0.4 is 5.32 Å². The molecule has 1 heterocycles. The van der Waals surface area contributed by atoms with E-state index in [1.54, 1.807) is 12.1 Å². The van der Waals surface area contributed by atoms with Gasteiger partial charge in [-0.2, -0.15) is 0 Å². The summed E-state index contributed by atoms with van der Waals surface area (Å²) < 4.78 is 27.1. The molecule has 0 fully saturated rings. The summed E-state index contributed by atoms with van der Waals surface area (Å²) in [6, 6.07) is 9.03. The van der Waals surface area contributed by atoms with Crippen LogP contribution in [0.2, 0.25) is 0 Å². The maximum absolute atomic E-state index is 13.5. The highest BCUT2D eigenvalue weighted by atomic mass is 19.1. The van der Waals surface area contributed by atoms with Crippen molar-refractivity contribution in [2.24, 2.45) is 0 Å². The maximum atomic E-state index is 13.5. The van der Waals surface area contributed by atoms with Crippen LogP contribution in [0.15, 0.2) is 36.4 Å². The fourth-order valence-electron chi connectivity index (χ4n) is 2.43. The Balaban J connectivity index is 1.86. The summed E-state index contributed by atoms with van der Waals surface area (Å²) in [5.41, 5.74) is 2.56. The number of carbonyl (C=O) groups excluding carboxylic acids is 1. The Morgan fingerprint density at radius 1 is 1.05 bits per heavy atom. The molecule has 1 aliphatic heterocycles. The SMILES string of the molecule is O=C(Cc1c(F)cccc1F)c1ccc2c(c1)CNC2. The Morgan fingerprint density at radius 3 is 2.50 bits per heavy atom. The number of halogens is 2. The van der Waals surface area contributed by atoms with Crippen LogP contribution in [0.1, 0.15) is 27.0 Å². The fraction of sp³-hybridized carbons (Fsp3) is 0.188. The lowest BCUT2D eigenvalue weighted by atomic mass is 9.99. The topological polar surface area (TPSA) is 29.1 Å². The zero-order valence-electron chi connectivity index (χ0n) is 10.7. The molecule has 0 atom stereocenters. The van der Waals surface area contributed by atoms with Crippen LogP contribution in [-0.4, -0.2) is 5.78 Å². The van der Waals surface area contributed by atoms with Crippen LogP contribution in [0.3, 0.4) is 0 Å². The summed E-state index contributed by atoms with van der Waals surface area (Å²) >= 11 is 0. The van der Waals surface area contributed by atoms with Gasteiger partial charge in [-0.1, -0.05) is 18.2 Å². The second-order valence-corrected chi connectivity index (χ2v) is 4.89. The van der Waals surface area contributed by atoms with E-state index in [1.807, 2.05) is 6.07 Å². The Kier molecular flexibility index (Phi) is 3.32. The predicted octanol–water partition coefficient (Wildman–Crippen LogP) is 2.99. The van der Waals surface area contributed by atoms with Crippen molar-refractivity contribution in [3.05, 3.63) is 70.3 Å². The highest BCUT2D eigenvalue weighted by molar-refractivity contribution is 5.97. The van der Waals surface area contributed by atoms with E-state index in [9.17, 15) is 13.6 Å². The van der Waals surface area contributed by atoms with E-state index in [0.717, 1.165) is 30.8 Å². The molecule has 1 N–H and O–H groups in total. The van der Waals surface area contributed by atoms with Crippen molar-refractivity contribution >= 4 is 5.78 Å². The molecule has 3 rings (SSSR count). The lowest BCUT2D eigenvalue weighted by molar-refractivity contribution is 0.0990. The zero-order valence-corrected chi connectivity index (χ0v) is 10.7. The van der Waals surface area contributed by atoms with Crippen molar-refractivity contribution in [1.29, 1.82) is 0 Å². The molecule has 4 heteroatoms. The van der Waals surface area contributed by atoms with Gasteiger partial charge in [0, 0.05) is 30.6 Å². The fourth-order valence-corrected chi connectivity index (χ4v) is 2.43. The zero-order chi connectivity index (χ0) is 14.1. The van der Waals surface area contributed by atoms with E-state index < -0.39 is 11.6 Å². The standard InChI is InChI=1S/C16H13F2NO/c17-14-2-1-3-15(18)13(14)7-16(20)10-4-5-11-8-19-9-12(11)6-10/h1-6,19H,7-9H2. The molecule has 0 aromatic heterocycles. The molecule has 2 aromatic carbocycles. The Hall–Kier alpha value is -2.07. The normalized spacial score (nSPS) is 13.3. The van der Waals surface area contributed by atoms with Gasteiger partial charge in [0.25, 0.3) is 0 Å². The second kappa shape index (κ2) is 5.13. The van der Waals surface area contributed by atoms with Gasteiger partial charge >= 0.3 is 0 Å². The number of rotatable bonds is 3. The average Bonchev–Trinajstić information content (AvgIpc) is 2.90. The summed E-state index contributed by atoms with van der Waals surface area (Å²) in [4.78, 5) is 12.2. The minimum Gasteiger partial charge on any atom is -0.309 e. The van der Waals surface area contributed by atoms with E-state index in [1.165, 1.54) is 11.6 Å². The van der Waals surface area contributed by atoms with E-state index in [0.29, 0.717) is 5.56 Å². The first-order valence-electron chi connectivity index (χ1n) is 6.44. The molecule has 1 aliphatic rings. The molecule has 0 radical (unpaired) electrons. The largest absolute Gasteiger partial charge is 0.309 e. The van der Waals surface area contributed by atoms with Crippen LogP contribution in [0, 0.1) is 11.6 Å². The van der Waals surface area contributed by atoms with E-state index in [4.69, 9.17) is 0 Å². The molecule has 0 saturated heterocycles. The number of hydrogen-bond donors (Lipinski definition) is 1. The van der Waals surface area contributed by atoms with Crippen LogP contribution in [0.25, 0.3) is 0 Å². The summed E-state index contributed by atoms with van der Waals surface area (Å²) in [6.45, 7) is 1.52. The average molecular weight is 273 g/mol. The van der Waals surface area contributed by atoms with Gasteiger partial charge in [0.1, 0.15) is 11.6 Å². The molecule has 0 unspecified atom stereocenters. The highest BCUT2D eigenvalue weighted by Crippen LogP contribution is 2.20. The van der Waals surface area contributed by atoms with Gasteiger partial charge in [-0.25, -0.2) is 8.78 Å². The van der Waals surface area contributed by atoms with Gasteiger partial charge in [-0.05, 0) is 29.3 Å². The van der Waals surface area contributed by atoms with Crippen molar-refractivity contribution in [3.8, 4) is 0 Å². The van der Waals surface area contributed by atoms with Gasteiger partial charge in [-0.3, -0.25) is 4.79 Å². The number of fused-ring (bicyclic) bond motifs is 1. The van der Waals surface area contributed by atoms with Crippen molar-refractivity contribution in [2.75, 3.05) is 0 Å². The third kappa shape index (κ3) is 2.34. The Morgan fingerprint density at radius 2 is 1.75 bits per heavy atom. The molecular formula is C16H13F2NO. The van der Waals surface area contributed by atoms with Crippen LogP contribution >= 0.6 is 0 Å². The number of ketones is 1. The van der Waals surface area contributed by atoms with Gasteiger partial charge in [0.05, 0.1) is 0 Å². The molecular weight excluding hydrogens is 260 g/mol. The number of carbonyl (C=O) groups is 1. The van der Waals surface area contributed by atoms with Gasteiger partial charge in [0.15, 0.2) is 5.78 Å². The van der Waals surface area contributed by atoms with Crippen molar-refractivity contribution in [2.45, 2.75) is 19.5 Å². The molecule has 20 heavy (non-hydrogen) atoms. The minimum atomic E-state index is -0.679. The number of hydrogen-bond acceptors (Lipinski definition) is 2. The van der Waals surface area contributed by atoms with Crippen LogP contribution in [-0.2, 0) is 19.5 Å². The van der Waals surface area contributed by atoms with Gasteiger partial charge in [0.2, 0.25) is 0 Å². The van der Waals surface area contributed by atoms with Gasteiger partial charge < -0.3 is 5.32 Å². The molecule has 2 aromatic rings. The number of nitrogens with one attached hydrogen (secondary N) is 1. The summed E-state index contributed by atoms with van der Waals surface area (Å²) in [6.07, 6.45) is -0.259. The molecule has 0 spiro atoms. The van der Waals surface area contributed by atoms with E-state index in [-0.39, 0.29) is 17.8 Å². The Bertz CT molecular complexity index is 662. The second-order valence-electron chi connectivity index (χ2n) is 4.89. The summed E-state index contributed by atoms with van der Waals surface area (Å²) in [5.74, 6) is -1.63. The molecule has 0 bridgehead atoms. The molecule has 0 aliphatic carbocycles. The van der Waals surface area contributed by atoms with Crippen LogP contribution in [0.4, 0.5) is 8.78 Å². The smallest absolute Gasteiger partial charge is 0.167 e. The lowest BCUT2D eigenvalue weighted by Gasteiger charge is -2.06. The highest BCUT2D eigenvalue weighted by Gasteiger charge is 2.17. The third-order valence-electron chi connectivity index (χ3n) is 3.56.